The second-order valence-corrected chi connectivity index (χ2v) is 6.67. The van der Waals surface area contributed by atoms with Crippen LogP contribution in [0, 0.1) is 13.8 Å². The molecule has 0 saturated carbocycles. The van der Waals surface area contributed by atoms with Crippen LogP contribution < -0.4 is 10.1 Å². The van der Waals surface area contributed by atoms with Crippen molar-refractivity contribution >= 4 is 22.7 Å². The van der Waals surface area contributed by atoms with Crippen LogP contribution in [0.1, 0.15) is 11.1 Å². The summed E-state index contributed by atoms with van der Waals surface area (Å²) in [6, 6.07) is 20.9. The highest BCUT2D eigenvalue weighted by molar-refractivity contribution is 5.92. The highest BCUT2D eigenvalue weighted by atomic mass is 16.5. The van der Waals surface area contributed by atoms with Gasteiger partial charge in [0, 0.05) is 11.3 Å². The Bertz CT molecular complexity index is 1110. The van der Waals surface area contributed by atoms with Crippen LogP contribution in [0.2, 0.25) is 0 Å². The van der Waals surface area contributed by atoms with Gasteiger partial charge >= 0.3 is 0 Å². The number of aryl methyl sites for hydroxylation is 2. The summed E-state index contributed by atoms with van der Waals surface area (Å²) in [5, 5.41) is 2.85. The maximum absolute atomic E-state index is 12.3. The molecule has 1 heterocycles. The van der Waals surface area contributed by atoms with Crippen LogP contribution >= 0.6 is 0 Å². The summed E-state index contributed by atoms with van der Waals surface area (Å²) < 4.78 is 11.4. The Kier molecular flexibility index (Phi) is 4.81. The van der Waals surface area contributed by atoms with E-state index in [2.05, 4.69) is 10.3 Å². The molecule has 0 aliphatic carbocycles. The van der Waals surface area contributed by atoms with Crippen molar-refractivity contribution in [1.82, 2.24) is 4.98 Å². The van der Waals surface area contributed by atoms with Crippen molar-refractivity contribution in [1.29, 1.82) is 0 Å². The smallest absolute Gasteiger partial charge is 0.262 e. The molecule has 1 N–H and O–H groups in total. The van der Waals surface area contributed by atoms with Gasteiger partial charge in [-0.05, 0) is 55.8 Å². The minimum atomic E-state index is -0.227. The molecule has 28 heavy (non-hydrogen) atoms. The number of para-hydroxylation sites is 2. The lowest BCUT2D eigenvalue weighted by Gasteiger charge is -2.10. The number of fused-ring (bicyclic) bond motifs is 1. The van der Waals surface area contributed by atoms with Crippen molar-refractivity contribution in [2.24, 2.45) is 0 Å². The van der Waals surface area contributed by atoms with Gasteiger partial charge in [-0.1, -0.05) is 35.9 Å². The minimum absolute atomic E-state index is 0.0585. The normalized spacial score (nSPS) is 10.8. The fraction of sp³-hybridized carbons (Fsp3) is 0.130. The molecule has 140 valence electrons. The average molecular weight is 372 g/mol. The lowest BCUT2D eigenvalue weighted by Crippen LogP contribution is -2.20. The molecule has 3 aromatic carbocycles. The number of carbonyl (C=O) groups excluding carboxylic acids is 1. The molecule has 0 aliphatic rings. The minimum Gasteiger partial charge on any atom is -0.483 e. The summed E-state index contributed by atoms with van der Waals surface area (Å²) in [5.41, 5.74) is 5.15. The molecule has 0 aliphatic heterocycles. The molecular weight excluding hydrogens is 352 g/mol. The Hall–Kier alpha value is -3.60. The summed E-state index contributed by atoms with van der Waals surface area (Å²) in [6.07, 6.45) is 0. The zero-order chi connectivity index (χ0) is 19.5. The highest BCUT2D eigenvalue weighted by Gasteiger charge is 2.10. The Morgan fingerprint density at radius 1 is 1.04 bits per heavy atom. The van der Waals surface area contributed by atoms with E-state index in [0.717, 1.165) is 27.8 Å². The number of anilines is 1. The van der Waals surface area contributed by atoms with Crippen molar-refractivity contribution in [2.45, 2.75) is 13.8 Å². The van der Waals surface area contributed by atoms with Crippen molar-refractivity contribution < 1.29 is 13.9 Å². The lowest BCUT2D eigenvalue weighted by atomic mass is 10.1. The molecule has 5 nitrogen and oxygen atoms in total. The van der Waals surface area contributed by atoms with Gasteiger partial charge in [-0.3, -0.25) is 4.79 Å². The van der Waals surface area contributed by atoms with Gasteiger partial charge in [0.2, 0.25) is 5.89 Å². The Labute approximate surface area is 163 Å². The first kappa shape index (κ1) is 17.8. The highest BCUT2D eigenvalue weighted by Crippen LogP contribution is 2.26. The predicted molar refractivity (Wildman–Crippen MR) is 109 cm³/mol. The molecule has 1 amide bonds. The van der Waals surface area contributed by atoms with E-state index in [1.165, 1.54) is 0 Å². The van der Waals surface area contributed by atoms with Crippen LogP contribution in [0.25, 0.3) is 22.6 Å². The largest absolute Gasteiger partial charge is 0.483 e. The van der Waals surface area contributed by atoms with Crippen molar-refractivity contribution in [3.05, 3.63) is 77.9 Å². The van der Waals surface area contributed by atoms with Crippen molar-refractivity contribution in [3.8, 4) is 17.2 Å². The van der Waals surface area contributed by atoms with Crippen molar-refractivity contribution in [2.75, 3.05) is 11.9 Å². The van der Waals surface area contributed by atoms with E-state index >= 15 is 0 Å². The van der Waals surface area contributed by atoms with Gasteiger partial charge in [0.1, 0.15) is 11.3 Å². The maximum atomic E-state index is 12.3. The van der Waals surface area contributed by atoms with Crippen LogP contribution in [0.5, 0.6) is 5.75 Å². The van der Waals surface area contributed by atoms with Gasteiger partial charge in [-0.25, -0.2) is 4.98 Å². The molecule has 0 unspecified atom stereocenters. The summed E-state index contributed by atoms with van der Waals surface area (Å²) >= 11 is 0. The number of nitrogens with one attached hydrogen (secondary N) is 1. The molecule has 5 heteroatoms. The number of ether oxygens (including phenoxy) is 1. The van der Waals surface area contributed by atoms with E-state index in [4.69, 9.17) is 9.15 Å². The first-order valence-corrected chi connectivity index (χ1v) is 9.04. The number of carbonyl (C=O) groups is 1. The molecule has 0 atom stereocenters. The number of aromatic nitrogens is 1. The Morgan fingerprint density at radius 3 is 2.71 bits per heavy atom. The third kappa shape index (κ3) is 3.88. The number of amides is 1. The van der Waals surface area contributed by atoms with E-state index in [1.807, 2.05) is 80.6 Å². The zero-order valence-electron chi connectivity index (χ0n) is 15.7. The Morgan fingerprint density at radius 2 is 1.89 bits per heavy atom. The maximum Gasteiger partial charge on any atom is 0.262 e. The first-order chi connectivity index (χ1) is 13.6. The van der Waals surface area contributed by atoms with Crippen LogP contribution in [-0.4, -0.2) is 17.5 Å². The predicted octanol–water partition coefficient (Wildman–Crippen LogP) is 5.13. The number of benzene rings is 3. The quantitative estimate of drug-likeness (QED) is 0.527. The van der Waals surface area contributed by atoms with E-state index in [9.17, 15) is 4.79 Å². The summed E-state index contributed by atoms with van der Waals surface area (Å²) in [4.78, 5) is 16.8. The first-order valence-electron chi connectivity index (χ1n) is 9.04. The van der Waals surface area contributed by atoms with Gasteiger partial charge in [0.15, 0.2) is 12.2 Å². The second-order valence-electron chi connectivity index (χ2n) is 6.67. The van der Waals surface area contributed by atoms with E-state index in [1.54, 1.807) is 0 Å². The topological polar surface area (TPSA) is 64.4 Å². The van der Waals surface area contributed by atoms with Gasteiger partial charge in [0.05, 0.1) is 0 Å². The third-order valence-corrected chi connectivity index (χ3v) is 4.38. The molecule has 0 fully saturated rings. The van der Waals surface area contributed by atoms with Gasteiger partial charge in [0.25, 0.3) is 5.91 Å². The van der Waals surface area contributed by atoms with Crippen LogP contribution in [0.15, 0.2) is 71.1 Å². The SMILES string of the molecule is Cc1ccc(OCC(=O)Nc2cccc(-c3nc4ccccc4o3)c2)c(C)c1. The molecule has 0 saturated heterocycles. The molecular formula is C23H20N2O3. The van der Waals surface area contributed by atoms with Gasteiger partial charge in [-0.15, -0.1) is 0 Å². The van der Waals surface area contributed by atoms with E-state index in [-0.39, 0.29) is 12.5 Å². The zero-order valence-corrected chi connectivity index (χ0v) is 15.7. The van der Waals surface area contributed by atoms with E-state index < -0.39 is 0 Å². The number of rotatable bonds is 5. The molecule has 4 aromatic rings. The van der Waals surface area contributed by atoms with Crippen LogP contribution in [-0.2, 0) is 4.79 Å². The fourth-order valence-corrected chi connectivity index (χ4v) is 3.03. The lowest BCUT2D eigenvalue weighted by molar-refractivity contribution is -0.118. The number of hydrogen-bond donors (Lipinski definition) is 1. The van der Waals surface area contributed by atoms with Crippen molar-refractivity contribution in [3.63, 3.8) is 0 Å². The molecule has 4 rings (SSSR count). The summed E-state index contributed by atoms with van der Waals surface area (Å²) in [7, 11) is 0. The van der Waals surface area contributed by atoms with Crippen LogP contribution in [0.4, 0.5) is 5.69 Å². The summed E-state index contributed by atoms with van der Waals surface area (Å²) in [6.45, 7) is 3.93. The second kappa shape index (κ2) is 7.56. The third-order valence-electron chi connectivity index (χ3n) is 4.38. The van der Waals surface area contributed by atoms with Gasteiger partial charge in [-0.2, -0.15) is 0 Å². The standard InChI is InChI=1S/C23H20N2O3/c1-15-10-11-20(16(2)12-15)27-14-22(26)24-18-7-5-6-17(13-18)23-25-19-8-3-4-9-21(19)28-23/h3-13H,14H2,1-2H3,(H,24,26). The average Bonchev–Trinajstić information content (AvgIpc) is 3.12. The molecule has 0 spiro atoms. The number of oxazole rings is 1. The number of nitrogens with zero attached hydrogens (tertiary/aromatic N) is 1. The molecule has 0 bridgehead atoms. The number of hydrogen-bond acceptors (Lipinski definition) is 4. The molecule has 1 aromatic heterocycles. The molecule has 0 radical (unpaired) electrons. The monoisotopic (exact) mass is 372 g/mol. The summed E-state index contributed by atoms with van der Waals surface area (Å²) in [5.74, 6) is 1.000. The van der Waals surface area contributed by atoms with Crippen LogP contribution in [0.3, 0.4) is 0 Å². The Balaban J connectivity index is 1.44. The van der Waals surface area contributed by atoms with E-state index in [0.29, 0.717) is 17.3 Å². The van der Waals surface area contributed by atoms with Gasteiger partial charge < -0.3 is 14.5 Å². The fourth-order valence-electron chi connectivity index (χ4n) is 3.03.